The van der Waals surface area contributed by atoms with Crippen molar-refractivity contribution in [1.82, 2.24) is 32.7 Å². The fraction of sp³-hybridized carbons (Fsp3) is 0.333. The van der Waals surface area contributed by atoms with Crippen molar-refractivity contribution >= 4 is 80.7 Å². The molecule has 3 aliphatic rings. The Morgan fingerprint density at radius 3 is 1.10 bits per heavy atom. The number of carbonyl (C=O) groups is 3. The Hall–Kier alpha value is -8.33. The number of nitrogens with zero attached hydrogens (tertiary/aromatic N) is 9. The zero-order chi connectivity index (χ0) is 62.6. The average molecular weight is 1250 g/mol. The van der Waals surface area contributed by atoms with E-state index >= 15 is 0 Å². The quantitative estimate of drug-likeness (QED) is 0.151. The van der Waals surface area contributed by atoms with Crippen molar-refractivity contribution in [1.29, 1.82) is 0 Å². The maximum absolute atomic E-state index is 14.7. The van der Waals surface area contributed by atoms with Crippen LogP contribution in [0.25, 0.3) is 17.1 Å². The molecule has 1 amide bonds. The molecule has 0 bridgehead atoms. The first kappa shape index (κ1) is 63.3. The molecule has 84 heavy (non-hydrogen) atoms. The molecule has 444 valence electrons. The lowest BCUT2D eigenvalue weighted by Gasteiger charge is -2.22. The summed E-state index contributed by atoms with van der Waals surface area (Å²) in [4.78, 5) is 125. The zero-order valence-corrected chi connectivity index (χ0v) is 49.4. The van der Waals surface area contributed by atoms with E-state index in [4.69, 9.17) is 60.9 Å². The molecule has 23 nitrogen and oxygen atoms in total. The molecule has 0 fully saturated rings. The van der Waals surface area contributed by atoms with Gasteiger partial charge in [0.05, 0.1) is 49.3 Å². The van der Waals surface area contributed by atoms with Gasteiger partial charge in [-0.25, -0.2) is 46.1 Å². The zero-order valence-electron chi connectivity index (χ0n) is 46.4. The molecule has 6 aromatic rings. The van der Waals surface area contributed by atoms with Gasteiger partial charge in [-0.2, -0.15) is 0 Å². The van der Waals surface area contributed by atoms with Gasteiger partial charge >= 0.3 is 23.0 Å². The van der Waals surface area contributed by atoms with Crippen molar-refractivity contribution in [2.45, 2.75) is 97.5 Å². The number of aliphatic carboxylic acids is 1. The molecule has 9 rings (SSSR count). The van der Waals surface area contributed by atoms with Crippen LogP contribution in [-0.4, -0.2) is 89.6 Å². The highest BCUT2D eigenvalue weighted by Gasteiger charge is 2.45. The maximum Gasteiger partial charge on any atom is 0.351 e. The Morgan fingerprint density at radius 2 is 0.821 bits per heavy atom. The lowest BCUT2D eigenvalue weighted by atomic mass is 9.94. The van der Waals surface area contributed by atoms with Crippen LogP contribution in [0.2, 0.25) is 15.1 Å². The highest BCUT2D eigenvalue weighted by atomic mass is 35.5. The third-order valence-corrected chi connectivity index (χ3v) is 15.1. The summed E-state index contributed by atoms with van der Waals surface area (Å²) in [5, 5.41) is 22.7. The van der Waals surface area contributed by atoms with E-state index in [9.17, 15) is 61.4 Å². The molecule has 3 unspecified atom stereocenters. The van der Waals surface area contributed by atoms with Gasteiger partial charge in [0, 0.05) is 98.4 Å². The van der Waals surface area contributed by atoms with E-state index in [0.717, 1.165) is 22.8 Å². The fourth-order valence-corrected chi connectivity index (χ4v) is 9.35. The second-order valence-electron chi connectivity index (χ2n) is 20.6. The van der Waals surface area contributed by atoms with Crippen LogP contribution < -0.4 is 39.1 Å². The Bertz CT molecular complexity index is 4110. The molecule has 3 aromatic carbocycles. The normalized spacial score (nSPS) is 18.7. The van der Waals surface area contributed by atoms with Crippen LogP contribution in [0.4, 0.5) is 13.2 Å². The summed E-state index contributed by atoms with van der Waals surface area (Å²) in [7, 11) is 4.40. The number of amides is 1. The molecular weight excluding hydrogens is 1200 g/mol. The van der Waals surface area contributed by atoms with Crippen LogP contribution in [0.15, 0.2) is 98.8 Å². The van der Waals surface area contributed by atoms with Gasteiger partial charge in [-0.1, -0.05) is 50.3 Å². The Labute approximate surface area is 492 Å². The number of oxime groups is 3. The smallest absolute Gasteiger partial charge is 0.351 e. The van der Waals surface area contributed by atoms with Crippen LogP contribution >= 0.6 is 46.4 Å². The number of aromatic nitrogens is 6. The molecule has 3 aliphatic heterocycles. The highest BCUT2D eigenvalue weighted by molar-refractivity contribution is 6.65. The van der Waals surface area contributed by atoms with Gasteiger partial charge in [-0.15, -0.1) is 0 Å². The summed E-state index contributed by atoms with van der Waals surface area (Å²) in [6.07, 6.45) is -0.0357. The molecule has 3 aromatic heterocycles. The van der Waals surface area contributed by atoms with Gasteiger partial charge in [-0.05, 0) is 103 Å². The van der Waals surface area contributed by atoms with Crippen molar-refractivity contribution in [3.8, 4) is 17.1 Å². The van der Waals surface area contributed by atoms with Gasteiger partial charge in [0.2, 0.25) is 16.8 Å². The first-order valence-electron chi connectivity index (χ1n) is 24.9. The van der Waals surface area contributed by atoms with Gasteiger partial charge < -0.3 is 38.6 Å². The van der Waals surface area contributed by atoms with E-state index in [-0.39, 0.29) is 91.5 Å². The lowest BCUT2D eigenvalue weighted by molar-refractivity contribution is -0.160. The number of carbonyl (C=O) groups excluding carboxylic acids is 2. The van der Waals surface area contributed by atoms with E-state index in [1.807, 2.05) is 13.8 Å². The molecule has 0 aliphatic carbocycles. The third kappa shape index (κ3) is 12.2. The Balaban J connectivity index is 0.000000181. The SMILES string of the molecule is Cc1cc(=O)n(-c2cc(C3=NOC(C)(C(=O)Cl)C3)c(Cl)cc2F)c(=O)n1C.Cc1cc(=O)n(-c2cc(C3=NOC(C)(C(=O)NC(C)C)C3)c(Cl)cc2F)c(=O)n1C.Cc1cc(=O)n(-c2cc(C3=NOC(C)(C(=O)O)C3)c(Cl)cc2F)c(=O)n1C. The predicted octanol–water partition coefficient (Wildman–Crippen LogP) is 5.94. The lowest BCUT2D eigenvalue weighted by Crippen LogP contribution is -2.47. The summed E-state index contributed by atoms with van der Waals surface area (Å²) in [5.41, 5.74) is -6.59. The van der Waals surface area contributed by atoms with Crippen LogP contribution in [0.3, 0.4) is 0 Å². The van der Waals surface area contributed by atoms with Gasteiger partial charge in [0.1, 0.15) is 17.5 Å². The number of rotatable bonds is 10. The number of nitrogens with one attached hydrogen (secondary N) is 1. The summed E-state index contributed by atoms with van der Waals surface area (Å²) >= 11 is 23.9. The molecular formula is C54H51Cl4F3N10O13. The second kappa shape index (κ2) is 23.7. The van der Waals surface area contributed by atoms with Crippen LogP contribution in [-0.2, 0) is 50.0 Å². The number of halogens is 7. The van der Waals surface area contributed by atoms with Crippen molar-refractivity contribution in [3.05, 3.63) is 183 Å². The molecule has 0 radical (unpaired) electrons. The third-order valence-electron chi connectivity index (χ3n) is 13.8. The second-order valence-corrected chi connectivity index (χ2v) is 22.1. The van der Waals surface area contributed by atoms with E-state index in [2.05, 4.69) is 20.8 Å². The van der Waals surface area contributed by atoms with Crippen molar-refractivity contribution < 1.29 is 47.2 Å². The monoisotopic (exact) mass is 1240 g/mol. The predicted molar refractivity (Wildman–Crippen MR) is 305 cm³/mol. The van der Waals surface area contributed by atoms with Crippen molar-refractivity contribution in [2.75, 3.05) is 0 Å². The number of carboxylic acids is 1. The van der Waals surface area contributed by atoms with Crippen LogP contribution in [0.5, 0.6) is 0 Å². The number of aryl methyl sites for hydroxylation is 3. The Morgan fingerprint density at radius 1 is 0.536 bits per heavy atom. The van der Waals surface area contributed by atoms with E-state index in [1.54, 1.807) is 27.7 Å². The van der Waals surface area contributed by atoms with E-state index < -0.39 is 79.2 Å². The minimum atomic E-state index is -1.58. The fourth-order valence-electron chi connectivity index (χ4n) is 8.47. The van der Waals surface area contributed by atoms with Crippen molar-refractivity contribution in [2.24, 2.45) is 36.6 Å². The van der Waals surface area contributed by atoms with Gasteiger partial charge in [0.25, 0.3) is 27.8 Å². The number of carboxylic acid groups (broad SMARTS) is 1. The highest BCUT2D eigenvalue weighted by Crippen LogP contribution is 2.35. The molecule has 0 saturated heterocycles. The topological polar surface area (TPSA) is 280 Å². The summed E-state index contributed by atoms with van der Waals surface area (Å²) in [6.45, 7) is 12.8. The van der Waals surface area contributed by atoms with Gasteiger partial charge in [0.15, 0.2) is 0 Å². The van der Waals surface area contributed by atoms with Crippen molar-refractivity contribution in [3.63, 3.8) is 0 Å². The maximum atomic E-state index is 14.7. The standard InChI is InChI=1S/C20H22ClFN4O4.C17H14Cl2FN3O4.C17H15ClFN3O5/c1-10(2)23-18(28)20(4)9-15(24-30-20)12-7-16(14(22)8-13(12)21)26-17(27)6-11(3)25(5)19(26)29;1-8-4-14(24)23(16(26)22(8)3)13-5-9(10(18)6-11(13)20)12-7-17(2,15(19)25)27-21-12;1-8-4-14(23)22(16(26)21(8)3)13-5-9(10(18)6-11(13)19)12-7-17(2,15(24)25)27-20-12/h6-8,10H,9H2,1-5H3,(H,23,28);4-6H,7H2,1-3H3;4-6H,7H2,1-3H3,(H,24,25). The number of hydrogen-bond acceptors (Lipinski definition) is 15. The van der Waals surface area contributed by atoms with Gasteiger partial charge in [-0.3, -0.25) is 24.0 Å². The Kier molecular flexibility index (Phi) is 17.9. The van der Waals surface area contributed by atoms with E-state index in [1.165, 1.54) is 85.1 Å². The minimum Gasteiger partial charge on any atom is -0.478 e. The first-order valence-corrected chi connectivity index (χ1v) is 26.4. The average Bonchev–Trinajstić information content (AvgIpc) is 3.98. The molecule has 2 N–H and O–H groups in total. The van der Waals surface area contributed by atoms with Crippen LogP contribution in [0.1, 0.15) is 87.7 Å². The largest absolute Gasteiger partial charge is 0.478 e. The summed E-state index contributed by atoms with van der Waals surface area (Å²) in [6, 6.07) is 10.2. The molecule has 0 spiro atoms. The first-order chi connectivity index (χ1) is 39.0. The summed E-state index contributed by atoms with van der Waals surface area (Å²) < 4.78 is 49.5. The molecule has 6 heterocycles. The van der Waals surface area contributed by atoms with E-state index in [0.29, 0.717) is 31.9 Å². The number of hydrogen-bond donors (Lipinski definition) is 2. The molecule has 0 saturated carbocycles. The minimum absolute atomic E-state index is 0.000925. The van der Waals surface area contributed by atoms with Crippen LogP contribution in [0, 0.1) is 38.2 Å². The summed E-state index contributed by atoms with van der Waals surface area (Å²) in [5.74, 6) is -4.15. The molecule has 3 atom stereocenters. The number of benzene rings is 3. The molecule has 30 heteroatoms.